The molecule has 3 N–H and O–H groups in total. The van der Waals surface area contributed by atoms with Crippen LogP contribution in [-0.2, 0) is 16.1 Å². The first-order chi connectivity index (χ1) is 12.5. The van der Waals surface area contributed by atoms with E-state index in [1.54, 1.807) is 19.2 Å². The van der Waals surface area contributed by atoms with Crippen LogP contribution in [0.15, 0.2) is 18.2 Å². The van der Waals surface area contributed by atoms with E-state index in [4.69, 9.17) is 20.5 Å². The van der Waals surface area contributed by atoms with Crippen LogP contribution in [0.5, 0.6) is 11.5 Å². The van der Waals surface area contributed by atoms with Crippen molar-refractivity contribution in [1.29, 1.82) is 5.26 Å². The van der Waals surface area contributed by atoms with Crippen LogP contribution < -0.4 is 20.5 Å². The average molecular weight is 360 g/mol. The van der Waals surface area contributed by atoms with Crippen molar-refractivity contribution in [2.75, 3.05) is 20.8 Å². The normalized spacial score (nSPS) is 17.3. The first-order valence-corrected chi connectivity index (χ1v) is 8.43. The van der Waals surface area contributed by atoms with E-state index in [2.05, 4.69) is 11.4 Å². The molecule has 0 aromatic heterocycles. The minimum absolute atomic E-state index is 0.124. The molecule has 0 spiro atoms. The largest absolute Gasteiger partial charge is 0.493 e. The number of benzene rings is 1. The molecule has 1 unspecified atom stereocenters. The Labute approximate surface area is 152 Å². The highest BCUT2D eigenvalue weighted by atomic mass is 16.5. The summed E-state index contributed by atoms with van der Waals surface area (Å²) in [6.45, 7) is 0.794. The number of methoxy groups -OCH3 is 2. The molecule has 0 aliphatic carbocycles. The van der Waals surface area contributed by atoms with Crippen molar-refractivity contribution in [2.24, 2.45) is 5.73 Å². The Morgan fingerprint density at radius 3 is 2.77 bits per heavy atom. The second-order valence-electron chi connectivity index (χ2n) is 6.10. The first kappa shape index (κ1) is 19.5. The average Bonchev–Trinajstić information content (AvgIpc) is 3.14. The van der Waals surface area contributed by atoms with Gasteiger partial charge < -0.3 is 25.4 Å². The summed E-state index contributed by atoms with van der Waals surface area (Å²) in [6.07, 6.45) is 1.31. The van der Waals surface area contributed by atoms with Crippen LogP contribution in [-0.4, -0.2) is 49.6 Å². The Balaban J connectivity index is 1.86. The summed E-state index contributed by atoms with van der Waals surface area (Å²) in [6, 6.07) is 6.04. The molecule has 2 amide bonds. The van der Waals surface area contributed by atoms with Gasteiger partial charge in [0.1, 0.15) is 6.04 Å². The summed E-state index contributed by atoms with van der Waals surface area (Å²) in [4.78, 5) is 25.9. The molecular weight excluding hydrogens is 336 g/mol. The quantitative estimate of drug-likeness (QED) is 0.733. The number of ether oxygens (including phenoxy) is 2. The van der Waals surface area contributed by atoms with Crippen molar-refractivity contribution in [3.8, 4) is 17.6 Å². The molecule has 0 radical (unpaired) electrons. The highest BCUT2D eigenvalue weighted by Gasteiger charge is 2.32. The van der Waals surface area contributed by atoms with Crippen LogP contribution >= 0.6 is 0 Å². The molecule has 1 aromatic carbocycles. The Morgan fingerprint density at radius 1 is 1.38 bits per heavy atom. The van der Waals surface area contributed by atoms with Gasteiger partial charge in [-0.2, -0.15) is 5.26 Å². The summed E-state index contributed by atoms with van der Waals surface area (Å²) in [5, 5.41) is 11.8. The Bertz CT molecular complexity index is 701. The lowest BCUT2D eigenvalue weighted by Crippen LogP contribution is -2.47. The standard InChI is InChI=1S/C18H24N4O4/c1-25-15-6-5-12(8-16(15)26-2)11-21-17(23)9-14(20)18(24)22-7-3-4-13(22)10-19/h5-6,8,13-14H,3-4,7,9,11,20H2,1-2H3,(H,21,23)/t13-,14?/m0/s1. The molecular formula is C18H24N4O4. The van der Waals surface area contributed by atoms with Gasteiger partial charge in [0.2, 0.25) is 11.8 Å². The van der Waals surface area contributed by atoms with Gasteiger partial charge in [-0.1, -0.05) is 6.07 Å². The fourth-order valence-corrected chi connectivity index (χ4v) is 2.93. The number of hydrogen-bond donors (Lipinski definition) is 2. The fourth-order valence-electron chi connectivity index (χ4n) is 2.93. The van der Waals surface area contributed by atoms with Crippen molar-refractivity contribution in [2.45, 2.75) is 37.9 Å². The number of nitrogens with two attached hydrogens (primary N) is 1. The number of rotatable bonds is 7. The van der Waals surface area contributed by atoms with E-state index in [0.29, 0.717) is 24.5 Å². The van der Waals surface area contributed by atoms with Gasteiger partial charge in [0, 0.05) is 13.1 Å². The molecule has 0 bridgehead atoms. The van der Waals surface area contributed by atoms with Gasteiger partial charge in [-0.05, 0) is 30.5 Å². The first-order valence-electron chi connectivity index (χ1n) is 8.43. The van der Waals surface area contributed by atoms with E-state index in [1.807, 2.05) is 6.07 Å². The van der Waals surface area contributed by atoms with Gasteiger partial charge in [-0.15, -0.1) is 0 Å². The third-order valence-electron chi connectivity index (χ3n) is 4.35. The van der Waals surface area contributed by atoms with Crippen LogP contribution in [0.1, 0.15) is 24.8 Å². The molecule has 1 fully saturated rings. The van der Waals surface area contributed by atoms with Gasteiger partial charge in [0.05, 0.1) is 32.8 Å². The zero-order valence-electron chi connectivity index (χ0n) is 15.0. The predicted octanol–water partition coefficient (Wildman–Crippen LogP) is 0.552. The Kier molecular flexibility index (Phi) is 6.81. The summed E-state index contributed by atoms with van der Waals surface area (Å²) in [5.74, 6) is 0.499. The van der Waals surface area contributed by atoms with E-state index >= 15 is 0 Å². The van der Waals surface area contributed by atoms with Gasteiger partial charge in [0.15, 0.2) is 11.5 Å². The van der Waals surface area contributed by atoms with Gasteiger partial charge in [0.25, 0.3) is 0 Å². The van der Waals surface area contributed by atoms with Crippen LogP contribution in [0, 0.1) is 11.3 Å². The van der Waals surface area contributed by atoms with Crippen LogP contribution in [0.25, 0.3) is 0 Å². The van der Waals surface area contributed by atoms with Crippen LogP contribution in [0.4, 0.5) is 0 Å². The lowest BCUT2D eigenvalue weighted by atomic mass is 10.1. The van der Waals surface area contributed by atoms with E-state index in [0.717, 1.165) is 12.0 Å². The van der Waals surface area contributed by atoms with E-state index in [1.165, 1.54) is 12.0 Å². The Hall–Kier alpha value is -2.79. The summed E-state index contributed by atoms with van der Waals surface area (Å²) in [7, 11) is 3.09. The van der Waals surface area contributed by atoms with E-state index in [9.17, 15) is 9.59 Å². The van der Waals surface area contributed by atoms with E-state index in [-0.39, 0.29) is 24.8 Å². The third kappa shape index (κ3) is 4.64. The van der Waals surface area contributed by atoms with Crippen molar-refractivity contribution >= 4 is 11.8 Å². The number of amides is 2. The number of nitrogens with one attached hydrogen (secondary N) is 1. The highest BCUT2D eigenvalue weighted by Crippen LogP contribution is 2.27. The zero-order valence-corrected chi connectivity index (χ0v) is 15.0. The zero-order chi connectivity index (χ0) is 19.1. The molecule has 1 aliphatic heterocycles. The van der Waals surface area contributed by atoms with Crippen molar-refractivity contribution < 1.29 is 19.1 Å². The highest BCUT2D eigenvalue weighted by molar-refractivity contribution is 5.88. The Morgan fingerprint density at radius 2 is 2.12 bits per heavy atom. The second-order valence-corrected chi connectivity index (χ2v) is 6.10. The number of nitriles is 1. The number of hydrogen-bond acceptors (Lipinski definition) is 6. The van der Waals surface area contributed by atoms with E-state index < -0.39 is 12.1 Å². The number of likely N-dealkylation sites (tertiary alicyclic amines) is 1. The molecule has 26 heavy (non-hydrogen) atoms. The third-order valence-corrected chi connectivity index (χ3v) is 4.35. The minimum Gasteiger partial charge on any atom is -0.493 e. The molecule has 1 aliphatic rings. The summed E-state index contributed by atoms with van der Waals surface area (Å²) >= 11 is 0. The molecule has 0 saturated carbocycles. The van der Waals surface area contributed by atoms with Gasteiger partial charge in [-0.3, -0.25) is 9.59 Å². The molecule has 140 valence electrons. The lowest BCUT2D eigenvalue weighted by molar-refractivity contribution is -0.135. The number of nitrogens with zero attached hydrogens (tertiary/aromatic N) is 2. The number of carbonyl (C=O) groups is 2. The lowest BCUT2D eigenvalue weighted by Gasteiger charge is -2.23. The smallest absolute Gasteiger partial charge is 0.241 e. The SMILES string of the molecule is COc1ccc(CNC(=O)CC(N)C(=O)N2CCC[C@H]2C#N)cc1OC. The summed E-state index contributed by atoms with van der Waals surface area (Å²) < 4.78 is 10.4. The molecule has 1 heterocycles. The van der Waals surface area contributed by atoms with Crippen molar-refractivity contribution in [3.05, 3.63) is 23.8 Å². The molecule has 8 nitrogen and oxygen atoms in total. The topological polar surface area (TPSA) is 118 Å². The maximum Gasteiger partial charge on any atom is 0.241 e. The molecule has 8 heteroatoms. The van der Waals surface area contributed by atoms with Crippen LogP contribution in [0.3, 0.4) is 0 Å². The summed E-state index contributed by atoms with van der Waals surface area (Å²) in [5.41, 5.74) is 6.70. The number of carbonyl (C=O) groups excluding carboxylic acids is 2. The molecule has 2 rings (SSSR count). The molecule has 2 atom stereocenters. The molecule has 1 saturated heterocycles. The second kappa shape index (κ2) is 9.06. The van der Waals surface area contributed by atoms with Crippen molar-refractivity contribution in [1.82, 2.24) is 10.2 Å². The monoisotopic (exact) mass is 360 g/mol. The predicted molar refractivity (Wildman–Crippen MR) is 94.3 cm³/mol. The molecule has 1 aromatic rings. The fraction of sp³-hybridized carbons (Fsp3) is 0.500. The maximum absolute atomic E-state index is 12.3. The van der Waals surface area contributed by atoms with Gasteiger partial charge >= 0.3 is 0 Å². The van der Waals surface area contributed by atoms with Crippen molar-refractivity contribution in [3.63, 3.8) is 0 Å². The van der Waals surface area contributed by atoms with Gasteiger partial charge in [-0.25, -0.2) is 0 Å². The maximum atomic E-state index is 12.3. The minimum atomic E-state index is -0.950. The van der Waals surface area contributed by atoms with Crippen LogP contribution in [0.2, 0.25) is 0 Å².